The molecule has 0 amide bonds. The van der Waals surface area contributed by atoms with Crippen molar-refractivity contribution >= 4 is 17.2 Å². The third-order valence-electron chi connectivity index (χ3n) is 2.62. The summed E-state index contributed by atoms with van der Waals surface area (Å²) in [4.78, 5) is 0.335. The van der Waals surface area contributed by atoms with Gasteiger partial charge in [-0.1, -0.05) is 18.3 Å². The average Bonchev–Trinajstić information content (AvgIpc) is 2.26. The van der Waals surface area contributed by atoms with Gasteiger partial charge < -0.3 is 19.9 Å². The van der Waals surface area contributed by atoms with E-state index in [9.17, 15) is 0 Å². The fourth-order valence-electron chi connectivity index (χ4n) is 1.55. The van der Waals surface area contributed by atoms with Crippen LogP contribution < -0.4 is 10.5 Å². The molecule has 92 valence electrons. The van der Waals surface area contributed by atoms with Crippen LogP contribution in [0.5, 0.6) is 5.75 Å². The number of ether oxygens (including phenoxy) is 3. The molecule has 1 saturated heterocycles. The monoisotopic (exact) mass is 253 g/mol. The molecule has 0 aliphatic carbocycles. The fourth-order valence-corrected chi connectivity index (χ4v) is 1.72. The Hall–Kier alpha value is -1.17. The first-order chi connectivity index (χ1) is 8.20. The van der Waals surface area contributed by atoms with E-state index in [0.29, 0.717) is 30.6 Å². The highest BCUT2D eigenvalue weighted by Gasteiger charge is 2.18. The number of rotatable bonds is 5. The summed E-state index contributed by atoms with van der Waals surface area (Å²) in [5.74, 6) is 0.684. The van der Waals surface area contributed by atoms with E-state index in [2.05, 4.69) is 0 Å². The largest absolute Gasteiger partial charge is 0.496 e. The van der Waals surface area contributed by atoms with Crippen LogP contribution in [0.15, 0.2) is 18.2 Å². The van der Waals surface area contributed by atoms with E-state index in [1.165, 1.54) is 0 Å². The third kappa shape index (κ3) is 2.94. The first kappa shape index (κ1) is 12.3. The van der Waals surface area contributed by atoms with E-state index >= 15 is 0 Å². The molecular formula is C12H15NO3S. The summed E-state index contributed by atoms with van der Waals surface area (Å²) in [5, 5.41) is 0. The van der Waals surface area contributed by atoms with Crippen molar-refractivity contribution in [3.05, 3.63) is 29.3 Å². The molecule has 0 spiro atoms. The Morgan fingerprint density at radius 3 is 2.82 bits per heavy atom. The molecule has 5 heteroatoms. The van der Waals surface area contributed by atoms with Crippen LogP contribution in [-0.2, 0) is 16.1 Å². The predicted octanol–water partition coefficient (Wildman–Crippen LogP) is 1.24. The normalized spacial score (nSPS) is 15.4. The van der Waals surface area contributed by atoms with Gasteiger partial charge in [-0.25, -0.2) is 0 Å². The van der Waals surface area contributed by atoms with Crippen molar-refractivity contribution in [3.63, 3.8) is 0 Å². The van der Waals surface area contributed by atoms with Crippen LogP contribution in [0.2, 0.25) is 0 Å². The number of hydrogen-bond acceptors (Lipinski definition) is 4. The van der Waals surface area contributed by atoms with Gasteiger partial charge in [0.05, 0.1) is 32.5 Å². The van der Waals surface area contributed by atoms with Crippen molar-refractivity contribution < 1.29 is 14.2 Å². The van der Waals surface area contributed by atoms with Crippen molar-refractivity contribution in [2.75, 3.05) is 20.3 Å². The van der Waals surface area contributed by atoms with Gasteiger partial charge in [-0.2, -0.15) is 0 Å². The van der Waals surface area contributed by atoms with Crippen LogP contribution in [0.25, 0.3) is 0 Å². The molecule has 1 heterocycles. The summed E-state index contributed by atoms with van der Waals surface area (Å²) in [6.45, 7) is 1.91. The molecular weight excluding hydrogens is 238 g/mol. The summed E-state index contributed by atoms with van der Waals surface area (Å²) in [6.07, 6.45) is 0.219. The molecule has 1 fully saturated rings. The zero-order valence-corrected chi connectivity index (χ0v) is 10.5. The summed E-state index contributed by atoms with van der Waals surface area (Å²) in [6, 6.07) is 5.70. The highest BCUT2D eigenvalue weighted by Crippen LogP contribution is 2.21. The van der Waals surface area contributed by atoms with E-state index in [0.717, 1.165) is 11.1 Å². The quantitative estimate of drug-likeness (QED) is 0.800. The average molecular weight is 253 g/mol. The minimum absolute atomic E-state index is 0.219. The minimum Gasteiger partial charge on any atom is -0.496 e. The number of nitrogens with two attached hydrogens (primary N) is 1. The first-order valence-electron chi connectivity index (χ1n) is 5.36. The topological polar surface area (TPSA) is 53.7 Å². The van der Waals surface area contributed by atoms with Gasteiger partial charge in [0.1, 0.15) is 16.8 Å². The van der Waals surface area contributed by atoms with Crippen LogP contribution in [0.3, 0.4) is 0 Å². The van der Waals surface area contributed by atoms with Gasteiger partial charge in [-0.3, -0.25) is 0 Å². The second kappa shape index (κ2) is 5.44. The lowest BCUT2D eigenvalue weighted by molar-refractivity contribution is -0.135. The second-order valence-corrected chi connectivity index (χ2v) is 4.31. The molecule has 0 bridgehead atoms. The number of methoxy groups -OCH3 is 1. The van der Waals surface area contributed by atoms with E-state index in [1.807, 2.05) is 18.2 Å². The SMILES string of the molecule is COc1cc(COC2COC2)ccc1C(N)=S. The van der Waals surface area contributed by atoms with Crippen molar-refractivity contribution in [1.29, 1.82) is 0 Å². The lowest BCUT2D eigenvalue weighted by Crippen LogP contribution is -2.35. The predicted molar refractivity (Wildman–Crippen MR) is 68.3 cm³/mol. The molecule has 0 aromatic heterocycles. The molecule has 0 saturated carbocycles. The molecule has 0 unspecified atom stereocenters. The Bertz CT molecular complexity index is 418. The Morgan fingerprint density at radius 1 is 1.53 bits per heavy atom. The summed E-state index contributed by atoms with van der Waals surface area (Å²) < 4.78 is 15.9. The van der Waals surface area contributed by atoms with E-state index in [-0.39, 0.29) is 6.10 Å². The Morgan fingerprint density at radius 2 is 2.29 bits per heavy atom. The van der Waals surface area contributed by atoms with Crippen LogP contribution in [-0.4, -0.2) is 31.4 Å². The van der Waals surface area contributed by atoms with Crippen LogP contribution in [0.4, 0.5) is 0 Å². The van der Waals surface area contributed by atoms with Gasteiger partial charge in [0.25, 0.3) is 0 Å². The van der Waals surface area contributed by atoms with Crippen LogP contribution in [0.1, 0.15) is 11.1 Å². The van der Waals surface area contributed by atoms with E-state index < -0.39 is 0 Å². The fraction of sp³-hybridized carbons (Fsp3) is 0.417. The molecule has 1 aromatic rings. The third-order valence-corrected chi connectivity index (χ3v) is 2.84. The van der Waals surface area contributed by atoms with Crippen molar-refractivity contribution in [3.8, 4) is 5.75 Å². The zero-order valence-electron chi connectivity index (χ0n) is 9.64. The van der Waals surface area contributed by atoms with Crippen molar-refractivity contribution in [2.45, 2.75) is 12.7 Å². The molecule has 2 rings (SSSR count). The van der Waals surface area contributed by atoms with Crippen molar-refractivity contribution in [1.82, 2.24) is 0 Å². The molecule has 0 radical (unpaired) electrons. The maximum atomic E-state index is 5.62. The molecule has 2 N–H and O–H groups in total. The number of hydrogen-bond donors (Lipinski definition) is 1. The minimum atomic E-state index is 0.219. The van der Waals surface area contributed by atoms with E-state index in [1.54, 1.807) is 7.11 Å². The lowest BCUT2D eigenvalue weighted by atomic mass is 10.1. The van der Waals surface area contributed by atoms with Crippen molar-refractivity contribution in [2.24, 2.45) is 5.73 Å². The molecule has 1 aromatic carbocycles. The molecule has 1 aliphatic rings. The van der Waals surface area contributed by atoms with Gasteiger partial charge in [0.2, 0.25) is 0 Å². The second-order valence-electron chi connectivity index (χ2n) is 3.87. The van der Waals surface area contributed by atoms with Gasteiger partial charge in [-0.05, 0) is 17.7 Å². The van der Waals surface area contributed by atoms with Crippen LogP contribution in [0, 0.1) is 0 Å². The number of thiocarbonyl (C=S) groups is 1. The van der Waals surface area contributed by atoms with Gasteiger partial charge >= 0.3 is 0 Å². The smallest absolute Gasteiger partial charge is 0.129 e. The Kier molecular flexibility index (Phi) is 3.93. The highest BCUT2D eigenvalue weighted by molar-refractivity contribution is 7.80. The van der Waals surface area contributed by atoms with Crippen LogP contribution >= 0.6 is 12.2 Å². The lowest BCUT2D eigenvalue weighted by Gasteiger charge is -2.26. The standard InChI is InChI=1S/C12H15NO3S/c1-14-11-4-8(2-3-10(11)12(13)17)5-16-9-6-15-7-9/h2-4,9H,5-7H2,1H3,(H2,13,17). The van der Waals surface area contributed by atoms with Gasteiger partial charge in [0, 0.05) is 0 Å². The Labute approximate surface area is 106 Å². The summed E-state index contributed by atoms with van der Waals surface area (Å²) in [5.41, 5.74) is 7.38. The maximum absolute atomic E-state index is 5.62. The first-order valence-corrected chi connectivity index (χ1v) is 5.77. The molecule has 0 atom stereocenters. The Balaban J connectivity index is 2.04. The number of benzene rings is 1. The van der Waals surface area contributed by atoms with E-state index in [4.69, 9.17) is 32.2 Å². The van der Waals surface area contributed by atoms with Gasteiger partial charge in [-0.15, -0.1) is 0 Å². The highest BCUT2D eigenvalue weighted by atomic mass is 32.1. The summed E-state index contributed by atoms with van der Waals surface area (Å²) >= 11 is 4.94. The summed E-state index contributed by atoms with van der Waals surface area (Å²) in [7, 11) is 1.60. The van der Waals surface area contributed by atoms with Gasteiger partial charge in [0.15, 0.2) is 0 Å². The maximum Gasteiger partial charge on any atom is 0.129 e. The molecule has 17 heavy (non-hydrogen) atoms. The molecule has 4 nitrogen and oxygen atoms in total. The zero-order chi connectivity index (χ0) is 12.3. The molecule has 1 aliphatic heterocycles.